The third kappa shape index (κ3) is 4.26. The maximum Gasteiger partial charge on any atom is 0.120 e. The fourth-order valence-corrected chi connectivity index (χ4v) is 2.77. The number of alkyl halides is 1. The summed E-state index contributed by atoms with van der Waals surface area (Å²) in [6, 6.07) is 7.42. The predicted octanol–water partition coefficient (Wildman–Crippen LogP) is 3.37. The molecular formula is C12H17BrO2S. The van der Waals surface area contributed by atoms with Crippen LogP contribution in [0.3, 0.4) is 0 Å². The zero-order valence-corrected chi connectivity index (χ0v) is 12.2. The monoisotopic (exact) mass is 304 g/mol. The molecule has 0 spiro atoms. The minimum atomic E-state index is -0.927. The van der Waals surface area contributed by atoms with E-state index in [1.807, 2.05) is 24.3 Å². The fourth-order valence-electron chi connectivity index (χ4n) is 1.30. The van der Waals surface area contributed by atoms with Gasteiger partial charge in [0.25, 0.3) is 0 Å². The Labute approximate surface area is 108 Å². The molecule has 0 saturated carbocycles. The minimum Gasteiger partial charge on any atom is -0.488 e. The summed E-state index contributed by atoms with van der Waals surface area (Å²) in [6.07, 6.45) is 2.61. The van der Waals surface area contributed by atoms with Gasteiger partial charge in [0.2, 0.25) is 0 Å². The largest absolute Gasteiger partial charge is 0.488 e. The minimum absolute atomic E-state index is 0.184. The van der Waals surface area contributed by atoms with Gasteiger partial charge in [-0.1, -0.05) is 15.9 Å². The molecule has 0 radical (unpaired) electrons. The summed E-state index contributed by atoms with van der Waals surface area (Å²) in [5, 5.41) is 0.914. The van der Waals surface area contributed by atoms with Gasteiger partial charge in [0.1, 0.15) is 11.4 Å². The van der Waals surface area contributed by atoms with Crippen LogP contribution in [0.2, 0.25) is 0 Å². The molecule has 0 amide bonds. The fraction of sp³-hybridized carbons (Fsp3) is 0.500. The number of rotatable bonds is 5. The molecule has 0 saturated heterocycles. The van der Waals surface area contributed by atoms with Crippen molar-refractivity contribution in [2.75, 3.05) is 11.6 Å². The lowest BCUT2D eigenvalue weighted by Crippen LogP contribution is -2.28. The zero-order valence-electron chi connectivity index (χ0n) is 9.83. The van der Waals surface area contributed by atoms with E-state index in [2.05, 4.69) is 29.8 Å². The molecule has 1 aromatic carbocycles. The molecule has 1 aromatic rings. The van der Waals surface area contributed by atoms with E-state index in [0.29, 0.717) is 0 Å². The molecule has 90 valence electrons. The van der Waals surface area contributed by atoms with E-state index in [-0.39, 0.29) is 5.60 Å². The highest BCUT2D eigenvalue weighted by atomic mass is 79.9. The molecule has 0 fully saturated rings. The molecule has 1 rings (SSSR count). The smallest absolute Gasteiger partial charge is 0.120 e. The molecule has 0 aromatic heterocycles. The lowest BCUT2D eigenvalue weighted by molar-refractivity contribution is 0.107. The normalized spacial score (nSPS) is 13.5. The van der Waals surface area contributed by atoms with E-state index in [1.54, 1.807) is 6.26 Å². The van der Waals surface area contributed by atoms with Crippen molar-refractivity contribution < 1.29 is 8.95 Å². The quantitative estimate of drug-likeness (QED) is 0.780. The lowest BCUT2D eigenvalue weighted by atomic mass is 10.1. The summed E-state index contributed by atoms with van der Waals surface area (Å²) in [4.78, 5) is 0.825. The molecule has 0 bridgehead atoms. The maximum absolute atomic E-state index is 11.2. The Bertz CT molecular complexity index is 360. The van der Waals surface area contributed by atoms with Crippen LogP contribution in [0.1, 0.15) is 20.3 Å². The van der Waals surface area contributed by atoms with Gasteiger partial charge in [0, 0.05) is 27.3 Å². The van der Waals surface area contributed by atoms with Crippen LogP contribution in [0.5, 0.6) is 5.75 Å². The van der Waals surface area contributed by atoms with Crippen LogP contribution in [-0.4, -0.2) is 21.4 Å². The van der Waals surface area contributed by atoms with Gasteiger partial charge >= 0.3 is 0 Å². The van der Waals surface area contributed by atoms with Crippen LogP contribution in [-0.2, 0) is 10.8 Å². The van der Waals surface area contributed by atoms with Gasteiger partial charge in [-0.05, 0) is 44.5 Å². The van der Waals surface area contributed by atoms with Crippen molar-refractivity contribution in [2.24, 2.45) is 0 Å². The van der Waals surface area contributed by atoms with Gasteiger partial charge < -0.3 is 4.74 Å². The second-order valence-electron chi connectivity index (χ2n) is 4.23. The Hall–Kier alpha value is -0.350. The Morgan fingerprint density at radius 1 is 1.31 bits per heavy atom. The summed E-state index contributed by atoms with van der Waals surface area (Å²) in [7, 11) is -0.927. The van der Waals surface area contributed by atoms with E-state index in [4.69, 9.17) is 4.74 Å². The van der Waals surface area contributed by atoms with Crippen molar-refractivity contribution in [3.8, 4) is 5.75 Å². The van der Waals surface area contributed by atoms with E-state index < -0.39 is 10.8 Å². The Morgan fingerprint density at radius 2 is 1.88 bits per heavy atom. The van der Waals surface area contributed by atoms with Crippen LogP contribution in [0.25, 0.3) is 0 Å². The molecule has 0 aliphatic rings. The van der Waals surface area contributed by atoms with Crippen LogP contribution in [0.15, 0.2) is 29.2 Å². The van der Waals surface area contributed by atoms with E-state index in [1.165, 1.54) is 0 Å². The van der Waals surface area contributed by atoms with E-state index in [0.717, 1.165) is 22.4 Å². The first-order valence-corrected chi connectivity index (χ1v) is 7.81. The van der Waals surface area contributed by atoms with Gasteiger partial charge in [-0.15, -0.1) is 0 Å². The van der Waals surface area contributed by atoms with Gasteiger partial charge in [-0.25, -0.2) is 0 Å². The molecule has 1 unspecified atom stereocenters. The van der Waals surface area contributed by atoms with Gasteiger partial charge in [-0.3, -0.25) is 4.21 Å². The molecule has 1 atom stereocenters. The Balaban J connectivity index is 2.72. The van der Waals surface area contributed by atoms with Gasteiger partial charge in [0.05, 0.1) is 0 Å². The van der Waals surface area contributed by atoms with Crippen LogP contribution in [0, 0.1) is 0 Å². The van der Waals surface area contributed by atoms with Crippen molar-refractivity contribution in [2.45, 2.75) is 30.8 Å². The van der Waals surface area contributed by atoms with Crippen molar-refractivity contribution in [3.05, 3.63) is 24.3 Å². The topological polar surface area (TPSA) is 26.3 Å². The maximum atomic E-state index is 11.2. The molecule has 0 heterocycles. The molecule has 16 heavy (non-hydrogen) atoms. The van der Waals surface area contributed by atoms with Crippen LogP contribution in [0.4, 0.5) is 0 Å². The van der Waals surface area contributed by atoms with Crippen LogP contribution < -0.4 is 4.74 Å². The SMILES string of the molecule is CS(=O)c1ccc(OC(C)(C)CCBr)cc1. The number of benzene rings is 1. The third-order valence-corrected chi connectivity index (χ3v) is 3.58. The lowest BCUT2D eigenvalue weighted by Gasteiger charge is -2.25. The summed E-state index contributed by atoms with van der Waals surface area (Å²) in [5.41, 5.74) is -0.184. The highest BCUT2D eigenvalue weighted by Crippen LogP contribution is 2.22. The summed E-state index contributed by atoms with van der Waals surface area (Å²) >= 11 is 3.41. The van der Waals surface area contributed by atoms with E-state index >= 15 is 0 Å². The van der Waals surface area contributed by atoms with Crippen molar-refractivity contribution in [3.63, 3.8) is 0 Å². The highest BCUT2D eigenvalue weighted by Gasteiger charge is 2.18. The van der Waals surface area contributed by atoms with Crippen molar-refractivity contribution in [1.82, 2.24) is 0 Å². The van der Waals surface area contributed by atoms with Crippen molar-refractivity contribution in [1.29, 1.82) is 0 Å². The van der Waals surface area contributed by atoms with Crippen LogP contribution >= 0.6 is 15.9 Å². The molecule has 0 N–H and O–H groups in total. The first-order valence-electron chi connectivity index (χ1n) is 5.13. The first-order chi connectivity index (χ1) is 7.44. The highest BCUT2D eigenvalue weighted by molar-refractivity contribution is 9.09. The number of ether oxygens (including phenoxy) is 1. The standard InChI is InChI=1S/C12H17BrO2S/c1-12(2,8-9-13)15-10-4-6-11(7-5-10)16(3)14/h4-7H,8-9H2,1-3H3. The number of hydrogen-bond acceptors (Lipinski definition) is 2. The summed E-state index contributed by atoms with van der Waals surface area (Å²) < 4.78 is 17.1. The second kappa shape index (κ2) is 5.82. The Morgan fingerprint density at radius 3 is 2.31 bits per heavy atom. The molecular weight excluding hydrogens is 288 g/mol. The summed E-state index contributed by atoms with van der Waals surface area (Å²) in [6.45, 7) is 4.11. The average molecular weight is 305 g/mol. The van der Waals surface area contributed by atoms with E-state index in [9.17, 15) is 4.21 Å². The molecule has 0 aliphatic carbocycles. The zero-order chi connectivity index (χ0) is 12.2. The predicted molar refractivity (Wildman–Crippen MR) is 71.9 cm³/mol. The second-order valence-corrected chi connectivity index (χ2v) is 6.40. The van der Waals surface area contributed by atoms with Gasteiger partial charge in [0.15, 0.2) is 0 Å². The first kappa shape index (κ1) is 13.7. The number of halogens is 1. The van der Waals surface area contributed by atoms with Crippen molar-refractivity contribution >= 4 is 26.7 Å². The number of hydrogen-bond donors (Lipinski definition) is 0. The molecule has 0 aliphatic heterocycles. The Kier molecular flexibility index (Phi) is 4.99. The average Bonchev–Trinajstić information content (AvgIpc) is 2.17. The van der Waals surface area contributed by atoms with Gasteiger partial charge in [-0.2, -0.15) is 0 Å². The molecule has 4 heteroatoms. The third-order valence-electron chi connectivity index (χ3n) is 2.25. The summed E-state index contributed by atoms with van der Waals surface area (Å²) in [5.74, 6) is 0.820. The molecule has 2 nitrogen and oxygen atoms in total.